The average molecular weight is 474 g/mol. The van der Waals surface area contributed by atoms with Gasteiger partial charge in [-0.25, -0.2) is 4.98 Å². The van der Waals surface area contributed by atoms with Crippen LogP contribution in [0, 0.1) is 0 Å². The zero-order valence-electron chi connectivity index (χ0n) is 19.1. The van der Waals surface area contributed by atoms with Crippen LogP contribution in [0.25, 0.3) is 10.9 Å². The number of hydrogen-bond acceptors (Lipinski definition) is 1. The molecule has 170 valence electrons. The van der Waals surface area contributed by atoms with Gasteiger partial charge in [0.25, 0.3) is 0 Å². The third-order valence-electron chi connectivity index (χ3n) is 6.89. The summed E-state index contributed by atoms with van der Waals surface area (Å²) in [6.07, 6.45) is 5.90. The molecule has 0 saturated carbocycles. The molecule has 0 radical (unpaired) electrons. The fraction of sp³-hybridized carbons (Fsp3) is 0.0645. The second kappa shape index (κ2) is 8.94. The highest BCUT2D eigenvalue weighted by Gasteiger charge is 2.46. The van der Waals surface area contributed by atoms with Gasteiger partial charge in [0.15, 0.2) is 0 Å². The summed E-state index contributed by atoms with van der Waals surface area (Å²) >= 11 is 6.63. The van der Waals surface area contributed by atoms with Crippen LogP contribution in [0.4, 0.5) is 0 Å². The summed E-state index contributed by atoms with van der Waals surface area (Å²) < 4.78 is 2.32. The van der Waals surface area contributed by atoms with Crippen LogP contribution in [-0.4, -0.2) is 14.5 Å². The van der Waals surface area contributed by atoms with E-state index in [-0.39, 0.29) is 6.04 Å². The number of aromatic amines is 1. The molecule has 4 heteroatoms. The first-order valence-electron chi connectivity index (χ1n) is 11.7. The summed E-state index contributed by atoms with van der Waals surface area (Å²) in [5.41, 5.74) is 5.00. The van der Waals surface area contributed by atoms with Gasteiger partial charge in [-0.2, -0.15) is 0 Å². The minimum Gasteiger partial charge on any atom is -0.351 e. The lowest BCUT2D eigenvalue weighted by Crippen LogP contribution is -2.40. The quantitative estimate of drug-likeness (QED) is 0.248. The zero-order valence-corrected chi connectivity index (χ0v) is 19.8. The number of nitrogens with one attached hydrogen (secondary N) is 1. The van der Waals surface area contributed by atoms with E-state index >= 15 is 0 Å². The van der Waals surface area contributed by atoms with Crippen LogP contribution >= 0.6 is 11.6 Å². The van der Waals surface area contributed by atoms with Crippen LogP contribution in [0.2, 0.25) is 5.02 Å². The molecule has 0 saturated heterocycles. The Morgan fingerprint density at radius 2 is 1.26 bits per heavy atom. The second-order valence-corrected chi connectivity index (χ2v) is 9.11. The predicted molar refractivity (Wildman–Crippen MR) is 143 cm³/mol. The smallest absolute Gasteiger partial charge is 0.0950 e. The van der Waals surface area contributed by atoms with E-state index < -0.39 is 5.41 Å². The molecule has 1 N–H and O–H groups in total. The van der Waals surface area contributed by atoms with Crippen LogP contribution in [0.3, 0.4) is 0 Å². The Hall–Kier alpha value is -4.08. The van der Waals surface area contributed by atoms with Crippen molar-refractivity contribution in [2.75, 3.05) is 0 Å². The van der Waals surface area contributed by atoms with Crippen molar-refractivity contribution in [1.29, 1.82) is 0 Å². The normalized spacial score (nSPS) is 12.6. The highest BCUT2D eigenvalue weighted by atomic mass is 35.5. The van der Waals surface area contributed by atoms with E-state index in [0.717, 1.165) is 21.6 Å². The number of H-pyrrole nitrogens is 1. The number of hydrogen-bond donors (Lipinski definition) is 1. The Kier molecular flexibility index (Phi) is 5.48. The van der Waals surface area contributed by atoms with Gasteiger partial charge in [0.05, 0.1) is 29.0 Å². The molecule has 0 bridgehead atoms. The molecule has 35 heavy (non-hydrogen) atoms. The highest BCUT2D eigenvalue weighted by molar-refractivity contribution is 6.35. The summed E-state index contributed by atoms with van der Waals surface area (Å²) in [7, 11) is 0. The van der Waals surface area contributed by atoms with Crippen LogP contribution in [-0.2, 0) is 5.41 Å². The molecule has 6 aromatic rings. The molecule has 1 unspecified atom stereocenters. The largest absolute Gasteiger partial charge is 0.351 e. The Bertz CT molecular complexity index is 1440. The van der Waals surface area contributed by atoms with Crippen molar-refractivity contribution in [2.45, 2.75) is 11.5 Å². The summed E-state index contributed by atoms with van der Waals surface area (Å²) in [4.78, 5) is 8.04. The molecule has 0 fully saturated rings. The lowest BCUT2D eigenvalue weighted by molar-refractivity contribution is 0.423. The maximum atomic E-state index is 6.63. The van der Waals surface area contributed by atoms with Crippen molar-refractivity contribution in [3.8, 4) is 0 Å². The van der Waals surface area contributed by atoms with E-state index in [9.17, 15) is 0 Å². The molecule has 0 spiro atoms. The van der Waals surface area contributed by atoms with Crippen molar-refractivity contribution < 1.29 is 0 Å². The van der Waals surface area contributed by atoms with Crippen molar-refractivity contribution in [2.24, 2.45) is 0 Å². The number of imidazole rings is 1. The summed E-state index contributed by atoms with van der Waals surface area (Å²) in [6, 6.07) is 40.2. The van der Waals surface area contributed by atoms with Crippen molar-refractivity contribution in [1.82, 2.24) is 14.5 Å². The van der Waals surface area contributed by atoms with Crippen LogP contribution in [0.1, 0.15) is 28.4 Å². The Balaban J connectivity index is 1.79. The van der Waals surface area contributed by atoms with Gasteiger partial charge in [0, 0.05) is 22.8 Å². The molecular formula is C31H24ClN3. The van der Waals surface area contributed by atoms with E-state index in [0.29, 0.717) is 0 Å². The molecule has 2 aromatic heterocycles. The lowest BCUT2D eigenvalue weighted by atomic mass is 9.63. The van der Waals surface area contributed by atoms with Crippen molar-refractivity contribution >= 4 is 22.5 Å². The van der Waals surface area contributed by atoms with E-state index in [1.54, 1.807) is 6.33 Å². The minimum absolute atomic E-state index is 0.197. The van der Waals surface area contributed by atoms with E-state index in [1.165, 1.54) is 16.7 Å². The summed E-state index contributed by atoms with van der Waals surface area (Å²) in [5.74, 6) is 0. The van der Waals surface area contributed by atoms with Crippen LogP contribution < -0.4 is 0 Å². The molecule has 3 nitrogen and oxygen atoms in total. The average Bonchev–Trinajstić information content (AvgIpc) is 3.60. The SMILES string of the molecule is Clc1cccc2c1ccn2C(c1c[nH]cn1)C(c1ccccc1)(c1ccccc1)c1ccccc1. The molecular weight excluding hydrogens is 450 g/mol. The second-order valence-electron chi connectivity index (χ2n) is 8.70. The van der Waals surface area contributed by atoms with Gasteiger partial charge in [-0.05, 0) is 34.9 Å². The predicted octanol–water partition coefficient (Wildman–Crippen LogP) is 7.64. The lowest BCUT2D eigenvalue weighted by Gasteiger charge is -2.43. The van der Waals surface area contributed by atoms with E-state index in [1.807, 2.05) is 18.3 Å². The molecule has 0 amide bonds. The minimum atomic E-state index is -0.576. The Morgan fingerprint density at radius 3 is 1.77 bits per heavy atom. The number of nitrogens with zero attached hydrogens (tertiary/aromatic N) is 2. The number of halogens is 1. The number of rotatable bonds is 6. The highest BCUT2D eigenvalue weighted by Crippen LogP contribution is 2.51. The third-order valence-corrected chi connectivity index (χ3v) is 7.21. The van der Waals surface area contributed by atoms with Gasteiger partial charge < -0.3 is 9.55 Å². The maximum absolute atomic E-state index is 6.63. The van der Waals surface area contributed by atoms with Gasteiger partial charge in [-0.15, -0.1) is 0 Å². The Morgan fingerprint density at radius 1 is 0.686 bits per heavy atom. The summed E-state index contributed by atoms with van der Waals surface area (Å²) in [6.45, 7) is 0. The maximum Gasteiger partial charge on any atom is 0.0950 e. The van der Waals surface area contributed by atoms with Gasteiger partial charge in [-0.1, -0.05) is 109 Å². The van der Waals surface area contributed by atoms with E-state index in [2.05, 4.69) is 119 Å². The zero-order chi connectivity index (χ0) is 23.7. The molecule has 1 atom stereocenters. The number of benzene rings is 4. The topological polar surface area (TPSA) is 33.6 Å². The number of aromatic nitrogens is 3. The molecule has 4 aromatic carbocycles. The van der Waals surface area contributed by atoms with Gasteiger partial charge in [0.1, 0.15) is 0 Å². The van der Waals surface area contributed by atoms with Crippen LogP contribution in [0.5, 0.6) is 0 Å². The fourth-order valence-corrected chi connectivity index (χ4v) is 5.68. The monoisotopic (exact) mass is 473 g/mol. The Labute approximate surface area is 209 Å². The first-order valence-corrected chi connectivity index (χ1v) is 12.1. The molecule has 2 heterocycles. The fourth-order valence-electron chi connectivity index (χ4n) is 5.45. The molecule has 0 aliphatic heterocycles. The van der Waals surface area contributed by atoms with Crippen LogP contribution in [0.15, 0.2) is 134 Å². The molecule has 0 aliphatic carbocycles. The third kappa shape index (κ3) is 3.48. The van der Waals surface area contributed by atoms with Gasteiger partial charge >= 0.3 is 0 Å². The van der Waals surface area contributed by atoms with Gasteiger partial charge in [0.2, 0.25) is 0 Å². The van der Waals surface area contributed by atoms with Crippen molar-refractivity contribution in [3.05, 3.63) is 161 Å². The first kappa shape index (κ1) is 21.5. The summed E-state index contributed by atoms with van der Waals surface area (Å²) in [5, 5.41) is 1.77. The molecule has 0 aliphatic rings. The van der Waals surface area contributed by atoms with Crippen molar-refractivity contribution in [3.63, 3.8) is 0 Å². The standard InChI is InChI=1S/C31H24ClN3/c32-27-17-10-18-29-26(27)19-20-35(29)30(28-21-33-22-34-28)31(23-11-4-1-5-12-23,24-13-6-2-7-14-24)25-15-8-3-9-16-25/h1-22,30H,(H,33,34). The van der Waals surface area contributed by atoms with Gasteiger partial charge in [-0.3, -0.25) is 0 Å². The number of fused-ring (bicyclic) bond motifs is 1. The van der Waals surface area contributed by atoms with E-state index in [4.69, 9.17) is 16.6 Å². The molecule has 6 rings (SSSR count). The first-order chi connectivity index (χ1) is 17.3.